The van der Waals surface area contributed by atoms with E-state index in [9.17, 15) is 5.11 Å². The van der Waals surface area contributed by atoms with Crippen LogP contribution >= 0.6 is 0 Å². The molecule has 66 valence electrons. The van der Waals surface area contributed by atoms with Crippen molar-refractivity contribution >= 4 is 0 Å². The molecule has 2 atom stereocenters. The van der Waals surface area contributed by atoms with Gasteiger partial charge in [-0.25, -0.2) is 0 Å². The fraction of sp³-hybridized carbons (Fsp3) is 0.778. The van der Waals surface area contributed by atoms with Crippen molar-refractivity contribution in [2.24, 2.45) is 0 Å². The SMILES string of the molecule is C/C=C/CCC(O)CC(C)O. The van der Waals surface area contributed by atoms with Gasteiger partial charge in [-0.15, -0.1) is 0 Å². The Morgan fingerprint density at radius 1 is 1.36 bits per heavy atom. The fourth-order valence-corrected chi connectivity index (χ4v) is 0.967. The van der Waals surface area contributed by atoms with Crippen molar-refractivity contribution in [3.63, 3.8) is 0 Å². The molecule has 11 heavy (non-hydrogen) atoms. The van der Waals surface area contributed by atoms with Crippen molar-refractivity contribution in [1.82, 2.24) is 0 Å². The Bertz CT molecular complexity index is 108. The first kappa shape index (κ1) is 10.7. The van der Waals surface area contributed by atoms with Gasteiger partial charge < -0.3 is 10.2 Å². The van der Waals surface area contributed by atoms with E-state index in [1.807, 2.05) is 19.1 Å². The van der Waals surface area contributed by atoms with E-state index in [0.29, 0.717) is 6.42 Å². The van der Waals surface area contributed by atoms with Crippen LogP contribution in [0.3, 0.4) is 0 Å². The molecule has 0 bridgehead atoms. The highest BCUT2D eigenvalue weighted by molar-refractivity contribution is 4.78. The van der Waals surface area contributed by atoms with Crippen LogP contribution in [0.25, 0.3) is 0 Å². The molecule has 2 heteroatoms. The molecule has 0 saturated heterocycles. The molecule has 0 saturated carbocycles. The molecule has 0 aliphatic carbocycles. The van der Waals surface area contributed by atoms with Crippen LogP contribution in [0, 0.1) is 0 Å². The molecule has 0 aromatic rings. The molecule has 0 spiro atoms. The van der Waals surface area contributed by atoms with Gasteiger partial charge >= 0.3 is 0 Å². The van der Waals surface area contributed by atoms with E-state index in [4.69, 9.17) is 5.11 Å². The van der Waals surface area contributed by atoms with Gasteiger partial charge in [0.2, 0.25) is 0 Å². The normalized spacial score (nSPS) is 17.1. The molecular weight excluding hydrogens is 140 g/mol. The predicted octanol–water partition coefficient (Wildman–Crippen LogP) is 1.47. The van der Waals surface area contributed by atoms with Crippen LogP contribution in [0.15, 0.2) is 12.2 Å². The maximum atomic E-state index is 9.25. The Labute approximate surface area is 68.6 Å². The number of rotatable bonds is 5. The smallest absolute Gasteiger partial charge is 0.0567 e. The first-order valence-corrected chi connectivity index (χ1v) is 4.14. The molecule has 0 radical (unpaired) electrons. The maximum Gasteiger partial charge on any atom is 0.0567 e. The Morgan fingerprint density at radius 3 is 2.45 bits per heavy atom. The number of aliphatic hydroxyl groups is 2. The Morgan fingerprint density at radius 2 is 2.00 bits per heavy atom. The Hall–Kier alpha value is -0.340. The predicted molar refractivity (Wildman–Crippen MR) is 46.4 cm³/mol. The summed E-state index contributed by atoms with van der Waals surface area (Å²) in [5, 5.41) is 18.2. The van der Waals surface area contributed by atoms with Crippen LogP contribution in [0.5, 0.6) is 0 Å². The minimum absolute atomic E-state index is 0.355. The summed E-state index contributed by atoms with van der Waals surface area (Å²) < 4.78 is 0. The number of aliphatic hydroxyl groups excluding tert-OH is 2. The average Bonchev–Trinajstić information content (AvgIpc) is 1.86. The topological polar surface area (TPSA) is 40.5 Å². The van der Waals surface area contributed by atoms with Gasteiger partial charge in [-0.05, 0) is 33.1 Å². The summed E-state index contributed by atoms with van der Waals surface area (Å²) in [5.74, 6) is 0. The third kappa shape index (κ3) is 7.56. The molecule has 0 aromatic carbocycles. The van der Waals surface area contributed by atoms with E-state index in [0.717, 1.165) is 12.8 Å². The molecule has 2 N–H and O–H groups in total. The Balaban J connectivity index is 3.29. The maximum absolute atomic E-state index is 9.25. The summed E-state index contributed by atoms with van der Waals surface area (Å²) in [5.41, 5.74) is 0. The van der Waals surface area contributed by atoms with Crippen molar-refractivity contribution in [2.75, 3.05) is 0 Å². The summed E-state index contributed by atoms with van der Waals surface area (Å²) >= 11 is 0. The van der Waals surface area contributed by atoms with E-state index in [-0.39, 0.29) is 6.10 Å². The van der Waals surface area contributed by atoms with Gasteiger partial charge in [0.05, 0.1) is 12.2 Å². The minimum atomic E-state index is -0.393. The van der Waals surface area contributed by atoms with Crippen LogP contribution in [-0.4, -0.2) is 22.4 Å². The van der Waals surface area contributed by atoms with Crippen LogP contribution in [0.4, 0.5) is 0 Å². The van der Waals surface area contributed by atoms with E-state index < -0.39 is 6.10 Å². The molecule has 0 aromatic heterocycles. The van der Waals surface area contributed by atoms with E-state index in [1.165, 1.54) is 0 Å². The quantitative estimate of drug-likeness (QED) is 0.595. The van der Waals surface area contributed by atoms with Gasteiger partial charge in [-0.2, -0.15) is 0 Å². The molecule has 2 nitrogen and oxygen atoms in total. The van der Waals surface area contributed by atoms with Gasteiger partial charge in [0.15, 0.2) is 0 Å². The zero-order valence-electron chi connectivity index (χ0n) is 7.33. The lowest BCUT2D eigenvalue weighted by Crippen LogP contribution is -2.14. The molecule has 0 amide bonds. The van der Waals surface area contributed by atoms with Crippen LogP contribution < -0.4 is 0 Å². The average molecular weight is 158 g/mol. The largest absolute Gasteiger partial charge is 0.393 e. The van der Waals surface area contributed by atoms with Gasteiger partial charge in [0.1, 0.15) is 0 Å². The molecule has 0 rings (SSSR count). The lowest BCUT2D eigenvalue weighted by molar-refractivity contribution is 0.0859. The second-order valence-corrected chi connectivity index (χ2v) is 2.88. The molecule has 0 fully saturated rings. The third-order valence-electron chi connectivity index (χ3n) is 1.52. The Kier molecular flexibility index (Phi) is 6.18. The van der Waals surface area contributed by atoms with E-state index in [2.05, 4.69) is 0 Å². The molecule has 2 unspecified atom stereocenters. The number of hydrogen-bond acceptors (Lipinski definition) is 2. The summed E-state index contributed by atoms with van der Waals surface area (Å²) in [6.07, 6.45) is 5.36. The highest BCUT2D eigenvalue weighted by atomic mass is 16.3. The molecule has 0 aliphatic rings. The summed E-state index contributed by atoms with van der Waals surface area (Å²) in [6.45, 7) is 3.65. The number of allylic oxidation sites excluding steroid dienone is 2. The van der Waals surface area contributed by atoms with Crippen LogP contribution in [-0.2, 0) is 0 Å². The van der Waals surface area contributed by atoms with Crippen LogP contribution in [0.2, 0.25) is 0 Å². The zero-order chi connectivity index (χ0) is 8.69. The second kappa shape index (κ2) is 6.38. The second-order valence-electron chi connectivity index (χ2n) is 2.88. The van der Waals surface area contributed by atoms with Crippen molar-refractivity contribution in [3.05, 3.63) is 12.2 Å². The summed E-state index contributed by atoms with van der Waals surface area (Å²) in [4.78, 5) is 0. The molecule has 0 heterocycles. The molecular formula is C9H18O2. The van der Waals surface area contributed by atoms with Crippen molar-refractivity contribution in [2.45, 2.75) is 45.3 Å². The highest BCUT2D eigenvalue weighted by Crippen LogP contribution is 2.05. The minimum Gasteiger partial charge on any atom is -0.393 e. The van der Waals surface area contributed by atoms with Gasteiger partial charge in [-0.1, -0.05) is 12.2 Å². The highest BCUT2D eigenvalue weighted by Gasteiger charge is 2.05. The first-order valence-electron chi connectivity index (χ1n) is 4.14. The van der Waals surface area contributed by atoms with Crippen molar-refractivity contribution in [1.29, 1.82) is 0 Å². The van der Waals surface area contributed by atoms with Gasteiger partial charge in [0, 0.05) is 0 Å². The number of hydrogen-bond donors (Lipinski definition) is 2. The monoisotopic (exact) mass is 158 g/mol. The lowest BCUT2D eigenvalue weighted by Gasteiger charge is -2.10. The first-order chi connectivity index (χ1) is 5.16. The fourth-order valence-electron chi connectivity index (χ4n) is 0.967. The van der Waals surface area contributed by atoms with Crippen molar-refractivity contribution in [3.8, 4) is 0 Å². The zero-order valence-corrected chi connectivity index (χ0v) is 7.33. The van der Waals surface area contributed by atoms with Gasteiger partial charge in [0.25, 0.3) is 0 Å². The summed E-state index contributed by atoms with van der Waals surface area (Å²) in [7, 11) is 0. The van der Waals surface area contributed by atoms with Crippen molar-refractivity contribution < 1.29 is 10.2 Å². The standard InChI is InChI=1S/C9H18O2/c1-3-4-5-6-9(11)7-8(2)10/h3-4,8-11H,5-7H2,1-2H3/b4-3+. The van der Waals surface area contributed by atoms with E-state index in [1.54, 1.807) is 6.92 Å². The van der Waals surface area contributed by atoms with Gasteiger partial charge in [-0.3, -0.25) is 0 Å². The summed E-state index contributed by atoms with van der Waals surface area (Å²) in [6, 6.07) is 0. The van der Waals surface area contributed by atoms with E-state index >= 15 is 0 Å². The third-order valence-corrected chi connectivity index (χ3v) is 1.52. The molecule has 0 aliphatic heterocycles. The van der Waals surface area contributed by atoms with Crippen LogP contribution in [0.1, 0.15) is 33.1 Å². The lowest BCUT2D eigenvalue weighted by atomic mass is 10.1.